The van der Waals surface area contributed by atoms with Gasteiger partial charge in [-0.05, 0) is 44.4 Å². The van der Waals surface area contributed by atoms with E-state index in [0.29, 0.717) is 10.8 Å². The molecule has 1 unspecified atom stereocenters. The van der Waals surface area contributed by atoms with Crippen LogP contribution in [0.3, 0.4) is 0 Å². The number of thioether (sulfide) groups is 1. The van der Waals surface area contributed by atoms with E-state index in [1.54, 1.807) is 18.0 Å². The third-order valence-corrected chi connectivity index (χ3v) is 5.87. The highest BCUT2D eigenvalue weighted by molar-refractivity contribution is 7.99. The Morgan fingerprint density at radius 1 is 1.21 bits per heavy atom. The molecule has 24 heavy (non-hydrogen) atoms. The fraction of sp³-hybridized carbons (Fsp3) is 0.400. The van der Waals surface area contributed by atoms with Crippen LogP contribution in [0.2, 0.25) is 0 Å². The van der Waals surface area contributed by atoms with E-state index >= 15 is 0 Å². The summed E-state index contributed by atoms with van der Waals surface area (Å²) in [5.74, 6) is -0.0447. The van der Waals surface area contributed by atoms with Crippen molar-refractivity contribution < 1.29 is 4.79 Å². The number of rotatable bonds is 5. The zero-order valence-corrected chi connectivity index (χ0v) is 15.1. The van der Waals surface area contributed by atoms with Crippen LogP contribution in [0.5, 0.6) is 0 Å². The molecule has 0 spiro atoms. The van der Waals surface area contributed by atoms with E-state index in [1.165, 1.54) is 31.2 Å². The van der Waals surface area contributed by atoms with Crippen molar-refractivity contribution in [1.29, 1.82) is 0 Å². The summed E-state index contributed by atoms with van der Waals surface area (Å²) in [6, 6.07) is 12.0. The van der Waals surface area contributed by atoms with Crippen molar-refractivity contribution in [3.8, 4) is 0 Å². The van der Waals surface area contributed by atoms with Gasteiger partial charge in [0.25, 0.3) is 5.91 Å². The van der Waals surface area contributed by atoms with Gasteiger partial charge in [-0.15, -0.1) is 11.8 Å². The molecule has 1 N–H and O–H groups in total. The maximum Gasteiger partial charge on any atom is 0.254 e. The van der Waals surface area contributed by atoms with Gasteiger partial charge in [-0.3, -0.25) is 4.79 Å². The van der Waals surface area contributed by atoms with E-state index < -0.39 is 0 Å². The molecule has 1 heterocycles. The molecule has 1 aromatic heterocycles. The summed E-state index contributed by atoms with van der Waals surface area (Å²) >= 11 is 1.76. The highest BCUT2D eigenvalue weighted by Crippen LogP contribution is 2.35. The Bertz CT molecular complexity index is 693. The Morgan fingerprint density at radius 2 is 1.92 bits per heavy atom. The molecule has 1 saturated carbocycles. The predicted octanol–water partition coefficient (Wildman–Crippen LogP) is 4.92. The summed E-state index contributed by atoms with van der Waals surface area (Å²) in [6.07, 6.45) is 6.80. The molecule has 1 fully saturated rings. The number of carbonyl (C=O) groups excluding carboxylic acids is 1. The van der Waals surface area contributed by atoms with Crippen LogP contribution < -0.4 is 5.32 Å². The van der Waals surface area contributed by atoms with E-state index in [-0.39, 0.29) is 11.9 Å². The van der Waals surface area contributed by atoms with Crippen molar-refractivity contribution in [3.63, 3.8) is 0 Å². The lowest BCUT2D eigenvalue weighted by atomic mass is 10.1. The average molecular weight is 340 g/mol. The van der Waals surface area contributed by atoms with Gasteiger partial charge in [-0.1, -0.05) is 42.7 Å². The minimum atomic E-state index is -0.0447. The normalized spacial score (nSPS) is 16.1. The van der Waals surface area contributed by atoms with Gasteiger partial charge in [0, 0.05) is 11.4 Å². The van der Waals surface area contributed by atoms with Gasteiger partial charge in [-0.2, -0.15) is 0 Å². The SMILES string of the molecule is Cc1ccc(C(C)NC(=O)c2cccnc2SC2CCCC2)cc1. The number of hydrogen-bond donors (Lipinski definition) is 1. The second kappa shape index (κ2) is 7.84. The monoisotopic (exact) mass is 340 g/mol. The van der Waals surface area contributed by atoms with Crippen molar-refractivity contribution >= 4 is 17.7 Å². The molecule has 0 bridgehead atoms. The summed E-state index contributed by atoms with van der Waals surface area (Å²) < 4.78 is 0. The fourth-order valence-electron chi connectivity index (χ4n) is 3.03. The van der Waals surface area contributed by atoms with E-state index in [0.717, 1.165) is 10.6 Å². The van der Waals surface area contributed by atoms with Gasteiger partial charge < -0.3 is 5.32 Å². The van der Waals surface area contributed by atoms with Gasteiger partial charge in [-0.25, -0.2) is 4.98 Å². The highest BCUT2D eigenvalue weighted by atomic mass is 32.2. The number of aromatic nitrogens is 1. The first-order valence-electron chi connectivity index (χ1n) is 8.62. The summed E-state index contributed by atoms with van der Waals surface area (Å²) in [6.45, 7) is 4.08. The zero-order chi connectivity index (χ0) is 16.9. The highest BCUT2D eigenvalue weighted by Gasteiger charge is 2.21. The summed E-state index contributed by atoms with van der Waals surface area (Å²) in [7, 11) is 0. The van der Waals surface area contributed by atoms with Crippen molar-refractivity contribution in [2.45, 2.75) is 55.8 Å². The molecule has 1 atom stereocenters. The molecule has 126 valence electrons. The molecule has 1 aliphatic rings. The molecule has 0 radical (unpaired) electrons. The number of nitrogens with one attached hydrogen (secondary N) is 1. The molecule has 3 nitrogen and oxygen atoms in total. The second-order valence-electron chi connectivity index (χ2n) is 6.49. The number of benzene rings is 1. The van der Waals surface area contributed by atoms with Gasteiger partial charge >= 0.3 is 0 Å². The van der Waals surface area contributed by atoms with Crippen LogP contribution in [0.4, 0.5) is 0 Å². The van der Waals surface area contributed by atoms with Crippen molar-refractivity contribution in [1.82, 2.24) is 10.3 Å². The lowest BCUT2D eigenvalue weighted by molar-refractivity contribution is 0.0936. The van der Waals surface area contributed by atoms with E-state index in [1.807, 2.05) is 19.1 Å². The second-order valence-corrected chi connectivity index (χ2v) is 7.78. The maximum absolute atomic E-state index is 12.7. The third kappa shape index (κ3) is 4.18. The summed E-state index contributed by atoms with van der Waals surface area (Å²) in [5.41, 5.74) is 3.02. The van der Waals surface area contributed by atoms with Gasteiger partial charge in [0.05, 0.1) is 11.6 Å². The first kappa shape index (κ1) is 17.0. The van der Waals surface area contributed by atoms with E-state index in [9.17, 15) is 4.79 Å². The standard InChI is InChI=1S/C20H24N2OS/c1-14-9-11-16(12-10-14)15(2)22-19(23)18-8-5-13-21-20(18)24-17-6-3-4-7-17/h5,8-13,15,17H,3-4,6-7H2,1-2H3,(H,22,23). The largest absolute Gasteiger partial charge is 0.345 e. The number of carbonyl (C=O) groups is 1. The molecule has 4 heteroatoms. The van der Waals surface area contributed by atoms with Crippen LogP contribution in [0.1, 0.15) is 60.1 Å². The Morgan fingerprint density at radius 3 is 2.62 bits per heavy atom. The van der Waals surface area contributed by atoms with Gasteiger partial charge in [0.2, 0.25) is 0 Å². The molecule has 1 aromatic carbocycles. The molecule has 0 saturated heterocycles. The molecule has 2 aromatic rings. The number of aryl methyl sites for hydroxylation is 1. The predicted molar refractivity (Wildman–Crippen MR) is 99.4 cm³/mol. The van der Waals surface area contributed by atoms with Crippen LogP contribution in [0, 0.1) is 6.92 Å². The molecule has 1 aliphatic carbocycles. The van der Waals surface area contributed by atoms with E-state index in [4.69, 9.17) is 0 Å². The zero-order valence-electron chi connectivity index (χ0n) is 14.3. The maximum atomic E-state index is 12.7. The van der Waals surface area contributed by atoms with Gasteiger partial charge in [0.15, 0.2) is 0 Å². The lowest BCUT2D eigenvalue weighted by Crippen LogP contribution is -2.27. The fourth-order valence-corrected chi connectivity index (χ4v) is 4.33. The first-order chi connectivity index (χ1) is 11.6. The Hall–Kier alpha value is -1.81. The van der Waals surface area contributed by atoms with Crippen molar-refractivity contribution in [3.05, 3.63) is 59.3 Å². The summed E-state index contributed by atoms with van der Waals surface area (Å²) in [5, 5.41) is 4.56. The van der Waals surface area contributed by atoms with Crippen molar-refractivity contribution in [2.24, 2.45) is 0 Å². The van der Waals surface area contributed by atoms with Crippen LogP contribution >= 0.6 is 11.8 Å². The molecule has 3 rings (SSSR count). The van der Waals surface area contributed by atoms with Gasteiger partial charge in [0.1, 0.15) is 5.03 Å². The van der Waals surface area contributed by atoms with Crippen LogP contribution in [-0.2, 0) is 0 Å². The Balaban J connectivity index is 1.71. The first-order valence-corrected chi connectivity index (χ1v) is 9.50. The molecule has 1 amide bonds. The average Bonchev–Trinajstić information content (AvgIpc) is 3.09. The smallest absolute Gasteiger partial charge is 0.254 e. The Labute approximate surface area is 148 Å². The van der Waals surface area contributed by atoms with Crippen LogP contribution in [0.25, 0.3) is 0 Å². The minimum Gasteiger partial charge on any atom is -0.345 e. The number of pyridine rings is 1. The third-order valence-electron chi connectivity index (χ3n) is 4.52. The number of hydrogen-bond acceptors (Lipinski definition) is 3. The van der Waals surface area contributed by atoms with E-state index in [2.05, 4.69) is 41.5 Å². The molecular weight excluding hydrogens is 316 g/mol. The topological polar surface area (TPSA) is 42.0 Å². The number of nitrogens with zero attached hydrogens (tertiary/aromatic N) is 1. The Kier molecular flexibility index (Phi) is 5.56. The summed E-state index contributed by atoms with van der Waals surface area (Å²) in [4.78, 5) is 17.2. The minimum absolute atomic E-state index is 0.0253. The van der Waals surface area contributed by atoms with Crippen LogP contribution in [-0.4, -0.2) is 16.1 Å². The quantitative estimate of drug-likeness (QED) is 0.840. The molecule has 0 aliphatic heterocycles. The van der Waals surface area contributed by atoms with Crippen molar-refractivity contribution in [2.75, 3.05) is 0 Å². The molecular formula is C20H24N2OS. The lowest BCUT2D eigenvalue weighted by Gasteiger charge is -2.16. The number of amides is 1. The van der Waals surface area contributed by atoms with Crippen LogP contribution in [0.15, 0.2) is 47.6 Å².